The van der Waals surface area contributed by atoms with Crippen molar-refractivity contribution in [2.45, 2.75) is 51.7 Å². The summed E-state index contributed by atoms with van der Waals surface area (Å²) < 4.78 is 52.7. The molecule has 0 unspecified atom stereocenters. The molecule has 0 bridgehead atoms. The van der Waals surface area contributed by atoms with Crippen molar-refractivity contribution in [1.29, 1.82) is 0 Å². The van der Waals surface area contributed by atoms with Gasteiger partial charge in [-0.15, -0.1) is 0 Å². The number of benzene rings is 1. The van der Waals surface area contributed by atoms with Crippen molar-refractivity contribution in [2.24, 2.45) is 5.92 Å². The number of furan rings is 1. The number of carbonyl (C=O) groups excluding carboxylic acids is 1. The number of hydrogen-bond donors (Lipinski definition) is 1. The van der Waals surface area contributed by atoms with Gasteiger partial charge in [0, 0.05) is 56.6 Å². The Morgan fingerprint density at radius 3 is 2.65 bits per heavy atom. The Kier molecular flexibility index (Phi) is 7.19. The SMILES string of the molecule is CCC(=O)N1CCc2oc(-c3nc(Nc4ccc(CC5CCOCC5)cc4)ncc3C(F)(F)F)cc2C1. The first kappa shape index (κ1) is 25.3. The first-order chi connectivity index (χ1) is 17.8. The second-order valence-electron chi connectivity index (χ2n) is 9.51. The molecule has 2 aliphatic heterocycles. The topological polar surface area (TPSA) is 80.5 Å². The molecule has 2 aliphatic rings. The highest BCUT2D eigenvalue weighted by Gasteiger charge is 2.37. The van der Waals surface area contributed by atoms with Crippen LogP contribution in [-0.2, 0) is 35.1 Å². The maximum atomic E-state index is 13.8. The van der Waals surface area contributed by atoms with Crippen LogP contribution in [0.3, 0.4) is 0 Å². The molecule has 5 rings (SSSR count). The lowest BCUT2D eigenvalue weighted by Crippen LogP contribution is -2.34. The molecule has 0 radical (unpaired) electrons. The monoisotopic (exact) mass is 514 g/mol. The Morgan fingerprint density at radius 1 is 1.19 bits per heavy atom. The van der Waals surface area contributed by atoms with Gasteiger partial charge in [0.15, 0.2) is 5.76 Å². The molecule has 1 amide bonds. The molecule has 4 heterocycles. The van der Waals surface area contributed by atoms with E-state index in [1.54, 1.807) is 17.9 Å². The smallest absolute Gasteiger partial charge is 0.420 e. The number of ether oxygens (including phenoxy) is 1. The molecule has 0 aliphatic carbocycles. The van der Waals surface area contributed by atoms with Gasteiger partial charge in [-0.05, 0) is 48.9 Å². The van der Waals surface area contributed by atoms with Crippen LogP contribution in [0.1, 0.15) is 48.6 Å². The van der Waals surface area contributed by atoms with Gasteiger partial charge < -0.3 is 19.4 Å². The minimum atomic E-state index is -4.66. The zero-order valence-electron chi connectivity index (χ0n) is 20.6. The molecule has 7 nitrogen and oxygen atoms in total. The van der Waals surface area contributed by atoms with Crippen LogP contribution in [-0.4, -0.2) is 40.5 Å². The summed E-state index contributed by atoms with van der Waals surface area (Å²) in [6.45, 7) is 4.16. The van der Waals surface area contributed by atoms with Crippen LogP contribution in [0.5, 0.6) is 0 Å². The normalized spacial score (nSPS) is 16.5. The molecule has 10 heteroatoms. The number of aromatic nitrogens is 2. The summed E-state index contributed by atoms with van der Waals surface area (Å²) in [5.41, 5.74) is 1.27. The largest absolute Gasteiger partial charge is 0.459 e. The third-order valence-electron chi connectivity index (χ3n) is 6.92. The first-order valence-electron chi connectivity index (χ1n) is 12.6. The molecule has 1 fully saturated rings. The third kappa shape index (κ3) is 5.79. The summed E-state index contributed by atoms with van der Waals surface area (Å²) in [6, 6.07) is 9.32. The molecular formula is C27H29F3N4O3. The van der Waals surface area contributed by atoms with E-state index in [2.05, 4.69) is 15.3 Å². The molecule has 0 atom stereocenters. The lowest BCUT2D eigenvalue weighted by molar-refractivity contribution is -0.137. The van der Waals surface area contributed by atoms with Gasteiger partial charge >= 0.3 is 6.18 Å². The molecular weight excluding hydrogens is 485 g/mol. The zero-order valence-corrected chi connectivity index (χ0v) is 20.6. The molecule has 1 saturated heterocycles. The number of nitrogens with zero attached hydrogens (tertiary/aromatic N) is 3. The van der Waals surface area contributed by atoms with Gasteiger partial charge in [-0.1, -0.05) is 19.1 Å². The van der Waals surface area contributed by atoms with Gasteiger partial charge in [0.05, 0.1) is 0 Å². The predicted octanol–water partition coefficient (Wildman–Crippen LogP) is 5.76. The van der Waals surface area contributed by atoms with Crippen LogP contribution < -0.4 is 5.32 Å². The van der Waals surface area contributed by atoms with Crippen molar-refractivity contribution in [3.63, 3.8) is 0 Å². The summed E-state index contributed by atoms with van der Waals surface area (Å²) in [6.07, 6.45) is -0.00396. The van der Waals surface area contributed by atoms with Crippen molar-refractivity contribution in [2.75, 3.05) is 25.1 Å². The van der Waals surface area contributed by atoms with Gasteiger partial charge in [-0.2, -0.15) is 13.2 Å². The molecule has 2 aromatic heterocycles. The van der Waals surface area contributed by atoms with Gasteiger partial charge in [0.1, 0.15) is 17.0 Å². The lowest BCUT2D eigenvalue weighted by Gasteiger charge is -2.25. The maximum Gasteiger partial charge on any atom is 0.420 e. The van der Waals surface area contributed by atoms with E-state index >= 15 is 0 Å². The van der Waals surface area contributed by atoms with Crippen LogP contribution in [0.15, 0.2) is 40.9 Å². The standard InChI is InChI=1S/C27H29F3N4O3/c1-2-24(35)34-10-7-22-19(16-34)14-23(37-22)25-21(27(28,29)30)15-31-26(33-25)32-20-5-3-17(4-6-20)13-18-8-11-36-12-9-18/h3-6,14-15,18H,2,7-13,16H2,1H3,(H,31,32,33). The van der Waals surface area contributed by atoms with E-state index < -0.39 is 11.7 Å². The predicted molar refractivity (Wildman–Crippen MR) is 131 cm³/mol. The molecule has 3 aromatic rings. The zero-order chi connectivity index (χ0) is 26.0. The quantitative estimate of drug-likeness (QED) is 0.450. The van der Waals surface area contributed by atoms with E-state index in [9.17, 15) is 18.0 Å². The van der Waals surface area contributed by atoms with E-state index in [1.807, 2.05) is 24.3 Å². The summed E-state index contributed by atoms with van der Waals surface area (Å²) in [5, 5.41) is 3.01. The number of hydrogen-bond acceptors (Lipinski definition) is 6. The molecule has 1 aromatic carbocycles. The van der Waals surface area contributed by atoms with Gasteiger partial charge in [0.2, 0.25) is 11.9 Å². The van der Waals surface area contributed by atoms with Crippen LogP contribution in [0, 0.1) is 5.92 Å². The Labute approximate surface area is 213 Å². The minimum Gasteiger partial charge on any atom is -0.459 e. The van der Waals surface area contributed by atoms with Gasteiger partial charge in [0.25, 0.3) is 0 Å². The molecule has 196 valence electrons. The molecule has 1 N–H and O–H groups in total. The van der Waals surface area contributed by atoms with Crippen molar-refractivity contribution in [1.82, 2.24) is 14.9 Å². The Morgan fingerprint density at radius 2 is 1.95 bits per heavy atom. The van der Waals surface area contributed by atoms with Crippen LogP contribution >= 0.6 is 0 Å². The Balaban J connectivity index is 1.37. The van der Waals surface area contributed by atoms with Gasteiger partial charge in [-0.3, -0.25) is 4.79 Å². The van der Waals surface area contributed by atoms with Crippen LogP contribution in [0.4, 0.5) is 24.8 Å². The fraction of sp³-hybridized carbons (Fsp3) is 0.444. The highest BCUT2D eigenvalue weighted by molar-refractivity contribution is 5.76. The van der Waals surface area contributed by atoms with Crippen molar-refractivity contribution in [3.05, 3.63) is 59.0 Å². The number of fused-ring (bicyclic) bond motifs is 1. The van der Waals surface area contributed by atoms with Crippen LogP contribution in [0.25, 0.3) is 11.5 Å². The number of rotatable bonds is 6. The fourth-order valence-corrected chi connectivity index (χ4v) is 4.86. The fourth-order valence-electron chi connectivity index (χ4n) is 4.86. The highest BCUT2D eigenvalue weighted by Crippen LogP contribution is 2.38. The van der Waals surface area contributed by atoms with Crippen molar-refractivity contribution < 1.29 is 27.1 Å². The first-order valence-corrected chi connectivity index (χ1v) is 12.6. The van der Waals surface area contributed by atoms with Crippen LogP contribution in [0.2, 0.25) is 0 Å². The van der Waals surface area contributed by atoms with Crippen molar-refractivity contribution >= 4 is 17.5 Å². The summed E-state index contributed by atoms with van der Waals surface area (Å²) in [7, 11) is 0. The van der Waals surface area contributed by atoms with E-state index in [0.717, 1.165) is 38.7 Å². The van der Waals surface area contributed by atoms with E-state index in [1.165, 1.54) is 5.56 Å². The number of nitrogens with one attached hydrogen (secondary N) is 1. The third-order valence-corrected chi connectivity index (χ3v) is 6.92. The van der Waals surface area contributed by atoms with Crippen molar-refractivity contribution in [3.8, 4) is 11.5 Å². The second kappa shape index (κ2) is 10.5. The summed E-state index contributed by atoms with van der Waals surface area (Å²) in [4.78, 5) is 21.9. The Bertz CT molecular complexity index is 1250. The second-order valence-corrected chi connectivity index (χ2v) is 9.51. The molecule has 37 heavy (non-hydrogen) atoms. The Hall–Kier alpha value is -3.40. The number of carbonyl (C=O) groups is 1. The number of amides is 1. The van der Waals surface area contributed by atoms with E-state index in [0.29, 0.717) is 48.9 Å². The molecule has 0 spiro atoms. The summed E-state index contributed by atoms with van der Waals surface area (Å²) in [5.74, 6) is 1.23. The van der Waals surface area contributed by atoms with Gasteiger partial charge in [-0.25, -0.2) is 9.97 Å². The average molecular weight is 515 g/mol. The maximum absolute atomic E-state index is 13.8. The highest BCUT2D eigenvalue weighted by atomic mass is 19.4. The number of anilines is 2. The number of alkyl halides is 3. The molecule has 0 saturated carbocycles. The summed E-state index contributed by atoms with van der Waals surface area (Å²) >= 11 is 0. The lowest BCUT2D eigenvalue weighted by atomic mass is 9.92. The average Bonchev–Trinajstić information content (AvgIpc) is 3.33. The van der Waals surface area contributed by atoms with E-state index in [4.69, 9.17) is 9.15 Å². The van der Waals surface area contributed by atoms with E-state index in [-0.39, 0.29) is 23.3 Å². The minimum absolute atomic E-state index is 0.00307. The number of halogens is 3.